The molecular formula is C20H24N6O2. The normalized spacial score (nSPS) is 17.1. The molecule has 1 saturated heterocycles. The van der Waals surface area contributed by atoms with Crippen LogP contribution in [0.1, 0.15) is 28.4 Å². The molecule has 1 atom stereocenters. The third-order valence-electron chi connectivity index (χ3n) is 5.13. The van der Waals surface area contributed by atoms with E-state index in [2.05, 4.69) is 27.2 Å². The lowest BCUT2D eigenvalue weighted by Crippen LogP contribution is -2.28. The standard InChI is InChI=1S/C20H24N6O2/c1-25-11-7-14(13-25)17-18-19(22-9-8-21-18)26(24-17)12-10-23-20(27)15-5-3-4-6-16(15)28-2/h3-6,8-9,14H,7,10-13H2,1-2H3,(H,23,27). The van der Waals surface area contributed by atoms with Crippen LogP contribution in [0.3, 0.4) is 0 Å². The van der Waals surface area contributed by atoms with Gasteiger partial charge in [-0.3, -0.25) is 4.79 Å². The van der Waals surface area contributed by atoms with E-state index in [0.29, 0.717) is 30.3 Å². The van der Waals surface area contributed by atoms with E-state index in [-0.39, 0.29) is 5.91 Å². The van der Waals surface area contributed by atoms with Gasteiger partial charge in [0.1, 0.15) is 11.3 Å². The molecule has 4 rings (SSSR count). The van der Waals surface area contributed by atoms with Crippen LogP contribution in [-0.2, 0) is 6.54 Å². The van der Waals surface area contributed by atoms with Crippen LogP contribution in [0.2, 0.25) is 0 Å². The van der Waals surface area contributed by atoms with Gasteiger partial charge in [0.25, 0.3) is 5.91 Å². The van der Waals surface area contributed by atoms with E-state index in [0.717, 1.165) is 36.4 Å². The number of hydrogen-bond acceptors (Lipinski definition) is 6. The molecule has 0 radical (unpaired) electrons. The average molecular weight is 380 g/mol. The number of aromatic nitrogens is 4. The van der Waals surface area contributed by atoms with E-state index in [1.165, 1.54) is 0 Å². The monoisotopic (exact) mass is 380 g/mol. The zero-order valence-electron chi connectivity index (χ0n) is 16.1. The summed E-state index contributed by atoms with van der Waals surface area (Å²) in [5, 5.41) is 7.73. The van der Waals surface area contributed by atoms with E-state index in [4.69, 9.17) is 9.84 Å². The van der Waals surface area contributed by atoms with Gasteiger partial charge in [-0.15, -0.1) is 0 Å². The molecule has 28 heavy (non-hydrogen) atoms. The molecule has 1 unspecified atom stereocenters. The molecule has 1 aliphatic heterocycles. The first-order chi connectivity index (χ1) is 13.7. The molecule has 0 saturated carbocycles. The van der Waals surface area contributed by atoms with Crippen molar-refractivity contribution in [3.8, 4) is 5.75 Å². The molecule has 8 nitrogen and oxygen atoms in total. The maximum Gasteiger partial charge on any atom is 0.255 e. The molecular weight excluding hydrogens is 356 g/mol. The summed E-state index contributed by atoms with van der Waals surface area (Å²) in [6, 6.07) is 7.18. The number of nitrogens with one attached hydrogen (secondary N) is 1. The van der Waals surface area contributed by atoms with Crippen LogP contribution >= 0.6 is 0 Å². The molecule has 0 spiro atoms. The van der Waals surface area contributed by atoms with Crippen molar-refractivity contribution in [1.82, 2.24) is 30.0 Å². The molecule has 146 valence electrons. The van der Waals surface area contributed by atoms with Crippen molar-refractivity contribution >= 4 is 17.1 Å². The average Bonchev–Trinajstić information content (AvgIpc) is 3.31. The smallest absolute Gasteiger partial charge is 0.255 e. The zero-order valence-corrected chi connectivity index (χ0v) is 16.1. The van der Waals surface area contributed by atoms with Gasteiger partial charge >= 0.3 is 0 Å². The van der Waals surface area contributed by atoms with Crippen LogP contribution in [0, 0.1) is 0 Å². The third kappa shape index (κ3) is 3.55. The van der Waals surface area contributed by atoms with E-state index in [1.807, 2.05) is 16.8 Å². The first kappa shape index (κ1) is 18.4. The molecule has 1 fully saturated rings. The van der Waals surface area contributed by atoms with Gasteiger partial charge in [0, 0.05) is 31.4 Å². The number of carbonyl (C=O) groups excluding carboxylic acids is 1. The van der Waals surface area contributed by atoms with Gasteiger partial charge in [-0.05, 0) is 32.1 Å². The fraction of sp³-hybridized carbons (Fsp3) is 0.400. The Labute approximate surface area is 163 Å². The van der Waals surface area contributed by atoms with Gasteiger partial charge in [-0.2, -0.15) is 5.10 Å². The molecule has 3 heterocycles. The minimum absolute atomic E-state index is 0.169. The van der Waals surface area contributed by atoms with Gasteiger partial charge < -0.3 is 15.0 Å². The van der Waals surface area contributed by atoms with Crippen molar-refractivity contribution in [3.05, 3.63) is 47.9 Å². The lowest BCUT2D eigenvalue weighted by molar-refractivity contribution is 0.0949. The van der Waals surface area contributed by atoms with Gasteiger partial charge in [-0.1, -0.05) is 12.1 Å². The number of amides is 1. The van der Waals surface area contributed by atoms with Crippen molar-refractivity contribution in [1.29, 1.82) is 0 Å². The van der Waals surface area contributed by atoms with Crippen molar-refractivity contribution in [2.24, 2.45) is 0 Å². The van der Waals surface area contributed by atoms with E-state index in [9.17, 15) is 4.79 Å². The Morgan fingerprint density at radius 1 is 1.29 bits per heavy atom. The summed E-state index contributed by atoms with van der Waals surface area (Å²) < 4.78 is 7.10. The Balaban J connectivity index is 1.49. The van der Waals surface area contributed by atoms with Crippen LogP contribution in [0.4, 0.5) is 0 Å². The predicted octanol–water partition coefficient (Wildman–Crippen LogP) is 1.68. The Morgan fingerprint density at radius 3 is 2.89 bits per heavy atom. The summed E-state index contributed by atoms with van der Waals surface area (Å²) in [4.78, 5) is 23.8. The second kappa shape index (κ2) is 7.93. The summed E-state index contributed by atoms with van der Waals surface area (Å²) in [7, 11) is 3.68. The van der Waals surface area contributed by atoms with Gasteiger partial charge in [0.15, 0.2) is 5.65 Å². The summed E-state index contributed by atoms with van der Waals surface area (Å²) in [6.07, 6.45) is 4.46. The number of nitrogens with zero attached hydrogens (tertiary/aromatic N) is 5. The van der Waals surface area contributed by atoms with Crippen molar-refractivity contribution in [3.63, 3.8) is 0 Å². The number of para-hydroxylation sites is 1. The lowest BCUT2D eigenvalue weighted by Gasteiger charge is -2.09. The predicted molar refractivity (Wildman–Crippen MR) is 106 cm³/mol. The number of carbonyl (C=O) groups is 1. The number of rotatable bonds is 6. The fourth-order valence-electron chi connectivity index (χ4n) is 3.72. The van der Waals surface area contributed by atoms with E-state index < -0.39 is 0 Å². The molecule has 1 aliphatic rings. The molecule has 0 bridgehead atoms. The molecule has 0 aliphatic carbocycles. The largest absolute Gasteiger partial charge is 0.496 e. The summed E-state index contributed by atoms with van der Waals surface area (Å²) >= 11 is 0. The fourth-order valence-corrected chi connectivity index (χ4v) is 3.72. The Hall–Kier alpha value is -3.00. The first-order valence-electron chi connectivity index (χ1n) is 9.44. The van der Waals surface area contributed by atoms with Gasteiger partial charge in [-0.25, -0.2) is 14.6 Å². The Bertz CT molecular complexity index is 986. The second-order valence-corrected chi connectivity index (χ2v) is 7.04. The SMILES string of the molecule is COc1ccccc1C(=O)NCCn1nc(C2CCN(C)C2)c2nccnc21. The lowest BCUT2D eigenvalue weighted by atomic mass is 10.0. The number of likely N-dealkylation sites (tertiary alicyclic amines) is 1. The van der Waals surface area contributed by atoms with Crippen LogP contribution in [0.5, 0.6) is 5.75 Å². The number of fused-ring (bicyclic) bond motifs is 1. The highest BCUT2D eigenvalue weighted by Gasteiger charge is 2.27. The maximum atomic E-state index is 12.5. The Morgan fingerprint density at radius 2 is 2.11 bits per heavy atom. The quantitative estimate of drug-likeness (QED) is 0.700. The van der Waals surface area contributed by atoms with Crippen LogP contribution < -0.4 is 10.1 Å². The summed E-state index contributed by atoms with van der Waals surface area (Å²) in [5.41, 5.74) is 3.14. The highest BCUT2D eigenvalue weighted by molar-refractivity contribution is 5.96. The van der Waals surface area contributed by atoms with Crippen LogP contribution in [-0.4, -0.2) is 64.3 Å². The van der Waals surface area contributed by atoms with E-state index >= 15 is 0 Å². The number of ether oxygens (including phenoxy) is 1. The second-order valence-electron chi connectivity index (χ2n) is 7.04. The van der Waals surface area contributed by atoms with Gasteiger partial charge in [0.05, 0.1) is 24.9 Å². The molecule has 1 N–H and O–H groups in total. The summed E-state index contributed by atoms with van der Waals surface area (Å²) in [5.74, 6) is 0.759. The number of likely N-dealkylation sites (N-methyl/N-ethyl adjacent to an activating group) is 1. The molecule has 1 aromatic carbocycles. The minimum atomic E-state index is -0.169. The van der Waals surface area contributed by atoms with Gasteiger partial charge in [0.2, 0.25) is 0 Å². The van der Waals surface area contributed by atoms with E-state index in [1.54, 1.807) is 31.6 Å². The van der Waals surface area contributed by atoms with Crippen LogP contribution in [0.15, 0.2) is 36.7 Å². The molecule has 3 aromatic rings. The topological polar surface area (TPSA) is 85.2 Å². The molecule has 2 aromatic heterocycles. The molecule has 1 amide bonds. The number of hydrogen-bond donors (Lipinski definition) is 1. The highest BCUT2D eigenvalue weighted by atomic mass is 16.5. The van der Waals surface area contributed by atoms with Crippen molar-refractivity contribution < 1.29 is 9.53 Å². The first-order valence-corrected chi connectivity index (χ1v) is 9.44. The third-order valence-corrected chi connectivity index (χ3v) is 5.13. The Kier molecular flexibility index (Phi) is 5.21. The van der Waals surface area contributed by atoms with Crippen molar-refractivity contribution in [2.45, 2.75) is 18.9 Å². The number of methoxy groups -OCH3 is 1. The zero-order chi connectivity index (χ0) is 19.5. The maximum absolute atomic E-state index is 12.5. The highest BCUT2D eigenvalue weighted by Crippen LogP contribution is 2.29. The number of benzene rings is 1. The van der Waals surface area contributed by atoms with Crippen LogP contribution in [0.25, 0.3) is 11.2 Å². The summed E-state index contributed by atoms with van der Waals surface area (Å²) in [6.45, 7) is 3.01. The minimum Gasteiger partial charge on any atom is -0.496 e. The molecule has 8 heteroatoms. The van der Waals surface area contributed by atoms with Crippen molar-refractivity contribution in [2.75, 3.05) is 33.8 Å².